The van der Waals surface area contributed by atoms with Crippen LogP contribution in [0.1, 0.15) is 5.56 Å². The van der Waals surface area contributed by atoms with Crippen molar-refractivity contribution in [3.63, 3.8) is 0 Å². The molecule has 0 aliphatic carbocycles. The molecule has 0 fully saturated rings. The van der Waals surface area contributed by atoms with Crippen molar-refractivity contribution in [3.05, 3.63) is 82.3 Å². The van der Waals surface area contributed by atoms with Crippen molar-refractivity contribution >= 4 is 21.7 Å². The summed E-state index contributed by atoms with van der Waals surface area (Å²) in [6.45, 7) is 0. The molecule has 1 aromatic heterocycles. The van der Waals surface area contributed by atoms with Gasteiger partial charge >= 0.3 is 6.18 Å². The van der Waals surface area contributed by atoms with Crippen LogP contribution in [0.15, 0.2) is 69.9 Å². The molecule has 0 atom stereocenters. The number of benzene rings is 3. The van der Waals surface area contributed by atoms with Gasteiger partial charge in [-0.1, -0.05) is 30.3 Å². The monoisotopic (exact) mass is 358 g/mol. The lowest BCUT2D eigenvalue weighted by Crippen LogP contribution is -2.09. The maximum atomic E-state index is 13.6. The Morgan fingerprint density at radius 2 is 1.62 bits per heavy atom. The van der Waals surface area contributed by atoms with Crippen molar-refractivity contribution in [2.24, 2.45) is 0 Å². The second-order valence-electron chi connectivity index (χ2n) is 5.83. The van der Waals surface area contributed by atoms with Crippen LogP contribution in [0.5, 0.6) is 0 Å². The Hall–Kier alpha value is -3.15. The Morgan fingerprint density at radius 1 is 0.846 bits per heavy atom. The molecule has 0 aliphatic rings. The van der Waals surface area contributed by atoms with Gasteiger partial charge in [0.05, 0.1) is 10.9 Å². The number of hydrogen-bond donors (Lipinski definition) is 0. The zero-order valence-electron chi connectivity index (χ0n) is 13.1. The molecule has 1 heterocycles. The van der Waals surface area contributed by atoms with E-state index >= 15 is 0 Å². The summed E-state index contributed by atoms with van der Waals surface area (Å²) in [5.41, 5.74) is -1.90. The van der Waals surface area contributed by atoms with E-state index in [0.29, 0.717) is 11.5 Å². The van der Waals surface area contributed by atoms with Crippen LogP contribution in [0.25, 0.3) is 33.1 Å². The van der Waals surface area contributed by atoms with E-state index in [1.54, 1.807) is 36.4 Å². The van der Waals surface area contributed by atoms with Crippen molar-refractivity contribution in [2.45, 2.75) is 6.18 Å². The molecule has 0 unspecified atom stereocenters. The summed E-state index contributed by atoms with van der Waals surface area (Å²) in [7, 11) is 0. The molecule has 0 radical (unpaired) electrons. The van der Waals surface area contributed by atoms with E-state index in [4.69, 9.17) is 4.42 Å². The molecule has 0 N–H and O–H groups in total. The zero-order valence-corrected chi connectivity index (χ0v) is 13.1. The van der Waals surface area contributed by atoms with Crippen molar-refractivity contribution in [1.82, 2.24) is 0 Å². The SMILES string of the molecule is O=c1cc(-c2cc(F)ccc2C(F)(F)F)oc2c1ccc1ccccc12. The Morgan fingerprint density at radius 3 is 2.38 bits per heavy atom. The number of rotatable bonds is 1. The summed E-state index contributed by atoms with van der Waals surface area (Å²) >= 11 is 0. The van der Waals surface area contributed by atoms with E-state index < -0.39 is 28.5 Å². The largest absolute Gasteiger partial charge is 0.455 e. The van der Waals surface area contributed by atoms with Crippen molar-refractivity contribution in [3.8, 4) is 11.3 Å². The Kier molecular flexibility index (Phi) is 3.57. The van der Waals surface area contributed by atoms with Crippen molar-refractivity contribution in [2.75, 3.05) is 0 Å². The van der Waals surface area contributed by atoms with E-state index in [9.17, 15) is 22.4 Å². The third-order valence-corrected chi connectivity index (χ3v) is 4.17. The molecular formula is C20H10F4O2. The lowest BCUT2D eigenvalue weighted by molar-refractivity contribution is -0.137. The van der Waals surface area contributed by atoms with Crippen molar-refractivity contribution < 1.29 is 22.0 Å². The average molecular weight is 358 g/mol. The first-order chi connectivity index (χ1) is 12.3. The Bertz CT molecular complexity index is 1210. The van der Waals surface area contributed by atoms with Gasteiger partial charge < -0.3 is 4.42 Å². The Balaban J connectivity index is 2.10. The number of hydrogen-bond acceptors (Lipinski definition) is 2. The quantitative estimate of drug-likeness (QED) is 0.319. The number of alkyl halides is 3. The van der Waals surface area contributed by atoms with Crippen LogP contribution in [-0.2, 0) is 6.18 Å². The van der Waals surface area contributed by atoms with Crippen LogP contribution in [0.3, 0.4) is 0 Å². The molecule has 4 aromatic rings. The maximum Gasteiger partial charge on any atom is 0.417 e. The topological polar surface area (TPSA) is 30.2 Å². The first kappa shape index (κ1) is 16.3. The molecule has 26 heavy (non-hydrogen) atoms. The predicted molar refractivity (Wildman–Crippen MR) is 90.4 cm³/mol. The fourth-order valence-corrected chi connectivity index (χ4v) is 2.98. The Labute approximate surface area is 144 Å². The first-order valence-corrected chi connectivity index (χ1v) is 7.67. The van der Waals surface area contributed by atoms with E-state index in [0.717, 1.165) is 23.6 Å². The van der Waals surface area contributed by atoms with E-state index in [-0.39, 0.29) is 16.7 Å². The van der Waals surface area contributed by atoms with Crippen LogP contribution in [0.4, 0.5) is 17.6 Å². The zero-order chi connectivity index (χ0) is 18.5. The van der Waals surface area contributed by atoms with Gasteiger partial charge in [-0.05, 0) is 29.7 Å². The minimum absolute atomic E-state index is 0.169. The third kappa shape index (κ3) is 2.63. The van der Waals surface area contributed by atoms with Gasteiger partial charge in [0.25, 0.3) is 0 Å². The molecule has 0 aliphatic heterocycles. The molecule has 0 amide bonds. The van der Waals surface area contributed by atoms with Crippen LogP contribution in [0, 0.1) is 5.82 Å². The molecule has 0 bridgehead atoms. The van der Waals surface area contributed by atoms with Crippen LogP contribution >= 0.6 is 0 Å². The van der Waals surface area contributed by atoms with Crippen molar-refractivity contribution in [1.29, 1.82) is 0 Å². The van der Waals surface area contributed by atoms with Gasteiger partial charge in [-0.3, -0.25) is 4.79 Å². The highest BCUT2D eigenvalue weighted by molar-refractivity contribution is 6.04. The highest BCUT2D eigenvalue weighted by Crippen LogP contribution is 2.38. The number of halogens is 4. The maximum absolute atomic E-state index is 13.6. The minimum Gasteiger partial charge on any atom is -0.455 e. The molecule has 3 aromatic carbocycles. The first-order valence-electron chi connectivity index (χ1n) is 7.67. The van der Waals surface area contributed by atoms with Crippen LogP contribution < -0.4 is 5.43 Å². The predicted octanol–water partition coefficient (Wildman–Crippen LogP) is 5.77. The molecule has 6 heteroatoms. The fourth-order valence-electron chi connectivity index (χ4n) is 2.98. The standard InChI is InChI=1S/C20H10F4O2/c21-12-6-8-16(20(22,23)24)15(9-12)18-10-17(25)14-7-5-11-3-1-2-4-13(11)19(14)26-18/h1-10H. The van der Waals surface area contributed by atoms with Gasteiger partial charge in [0.15, 0.2) is 5.43 Å². The average Bonchev–Trinajstić information content (AvgIpc) is 2.60. The summed E-state index contributed by atoms with van der Waals surface area (Å²) < 4.78 is 59.1. The van der Waals surface area contributed by atoms with Gasteiger partial charge in [0, 0.05) is 17.0 Å². The smallest absolute Gasteiger partial charge is 0.417 e. The van der Waals surface area contributed by atoms with Gasteiger partial charge in [-0.25, -0.2) is 4.39 Å². The van der Waals surface area contributed by atoms with Gasteiger partial charge in [-0.15, -0.1) is 0 Å². The molecule has 4 rings (SSSR count). The van der Waals surface area contributed by atoms with Crippen LogP contribution in [0.2, 0.25) is 0 Å². The van der Waals surface area contributed by atoms with Gasteiger partial charge in [0.2, 0.25) is 0 Å². The van der Waals surface area contributed by atoms with E-state index in [2.05, 4.69) is 0 Å². The molecule has 0 saturated carbocycles. The summed E-state index contributed by atoms with van der Waals surface area (Å²) in [6.07, 6.45) is -4.71. The van der Waals surface area contributed by atoms with E-state index in [1.165, 1.54) is 0 Å². The van der Waals surface area contributed by atoms with Gasteiger partial charge in [0.1, 0.15) is 17.2 Å². The highest BCUT2D eigenvalue weighted by atomic mass is 19.4. The normalized spacial score (nSPS) is 12.0. The van der Waals surface area contributed by atoms with E-state index in [1.807, 2.05) is 0 Å². The number of fused-ring (bicyclic) bond motifs is 3. The molecule has 0 saturated heterocycles. The lowest BCUT2D eigenvalue weighted by Gasteiger charge is -2.13. The van der Waals surface area contributed by atoms with Crippen LogP contribution in [-0.4, -0.2) is 0 Å². The van der Waals surface area contributed by atoms with Gasteiger partial charge in [-0.2, -0.15) is 13.2 Å². The summed E-state index contributed by atoms with van der Waals surface area (Å²) in [6, 6.07) is 13.4. The molecule has 0 spiro atoms. The highest BCUT2D eigenvalue weighted by Gasteiger charge is 2.34. The lowest BCUT2D eigenvalue weighted by atomic mass is 10.0. The molecule has 2 nitrogen and oxygen atoms in total. The fraction of sp³-hybridized carbons (Fsp3) is 0.0500. The minimum atomic E-state index is -4.71. The second-order valence-corrected chi connectivity index (χ2v) is 5.83. The molecular weight excluding hydrogens is 348 g/mol. The summed E-state index contributed by atoms with van der Waals surface area (Å²) in [5, 5.41) is 1.61. The third-order valence-electron chi connectivity index (χ3n) is 4.17. The summed E-state index contributed by atoms with van der Waals surface area (Å²) in [5.74, 6) is -1.18. The second kappa shape index (κ2) is 5.69. The molecule has 130 valence electrons. The summed E-state index contributed by atoms with van der Waals surface area (Å²) in [4.78, 5) is 12.4.